The Labute approximate surface area is 121 Å². The molecule has 1 aromatic heterocycles. The van der Waals surface area contributed by atoms with Crippen molar-refractivity contribution in [1.29, 1.82) is 0 Å². The predicted octanol–water partition coefficient (Wildman–Crippen LogP) is 4.07. The zero-order valence-corrected chi connectivity index (χ0v) is 12.6. The van der Waals surface area contributed by atoms with E-state index >= 15 is 0 Å². The highest BCUT2D eigenvalue weighted by Gasteiger charge is 2.09. The molecular formula is C17H22N2O. The Balaban J connectivity index is 2.06. The van der Waals surface area contributed by atoms with Gasteiger partial charge in [-0.25, -0.2) is 0 Å². The van der Waals surface area contributed by atoms with E-state index in [1.54, 1.807) is 12.4 Å². The largest absolute Gasteiger partial charge is 0.456 e. The highest BCUT2D eigenvalue weighted by molar-refractivity contribution is 5.37. The van der Waals surface area contributed by atoms with E-state index in [4.69, 9.17) is 4.74 Å². The van der Waals surface area contributed by atoms with Gasteiger partial charge in [0.15, 0.2) is 0 Å². The molecule has 1 heterocycles. The average molecular weight is 270 g/mol. The lowest BCUT2D eigenvalue weighted by Crippen LogP contribution is -2.35. The quantitative estimate of drug-likeness (QED) is 0.909. The summed E-state index contributed by atoms with van der Waals surface area (Å²) in [5, 5.41) is 3.50. The summed E-state index contributed by atoms with van der Waals surface area (Å²) in [6.07, 6.45) is 3.45. The summed E-state index contributed by atoms with van der Waals surface area (Å²) in [5.41, 5.74) is 2.64. The van der Waals surface area contributed by atoms with Crippen LogP contribution in [-0.4, -0.2) is 10.5 Å². The zero-order chi connectivity index (χ0) is 14.6. The molecule has 0 aliphatic carbocycles. The zero-order valence-electron chi connectivity index (χ0n) is 12.6. The van der Waals surface area contributed by atoms with Crippen LogP contribution >= 0.6 is 0 Å². The molecule has 1 aromatic carbocycles. The molecule has 1 N–H and O–H groups in total. The molecule has 3 heteroatoms. The second-order valence-electron chi connectivity index (χ2n) is 5.98. The molecule has 2 rings (SSSR count). The Bertz CT molecular complexity index is 559. The molecule has 0 radical (unpaired) electrons. The first-order chi connectivity index (χ1) is 9.44. The maximum atomic E-state index is 5.78. The summed E-state index contributed by atoms with van der Waals surface area (Å²) in [5.74, 6) is 1.60. The Kier molecular flexibility index (Phi) is 4.40. The summed E-state index contributed by atoms with van der Waals surface area (Å²) >= 11 is 0. The molecule has 3 nitrogen and oxygen atoms in total. The van der Waals surface area contributed by atoms with Gasteiger partial charge in [0, 0.05) is 18.3 Å². The Morgan fingerprint density at radius 1 is 1.15 bits per heavy atom. The molecule has 106 valence electrons. The molecular weight excluding hydrogens is 248 g/mol. The predicted molar refractivity (Wildman–Crippen MR) is 82.1 cm³/mol. The summed E-state index contributed by atoms with van der Waals surface area (Å²) in [7, 11) is 0. The maximum Gasteiger partial charge on any atom is 0.145 e. The third-order valence-electron chi connectivity index (χ3n) is 2.99. The van der Waals surface area contributed by atoms with Crippen molar-refractivity contribution in [2.24, 2.45) is 0 Å². The molecule has 0 spiro atoms. The first-order valence-corrected chi connectivity index (χ1v) is 6.86. The van der Waals surface area contributed by atoms with Crippen LogP contribution in [0.1, 0.15) is 31.9 Å². The van der Waals surface area contributed by atoms with E-state index < -0.39 is 0 Å². The summed E-state index contributed by atoms with van der Waals surface area (Å²) < 4.78 is 5.78. The van der Waals surface area contributed by atoms with E-state index in [1.165, 1.54) is 11.1 Å². The number of ether oxygens (including phenoxy) is 1. The fraction of sp³-hybridized carbons (Fsp3) is 0.353. The second kappa shape index (κ2) is 6.06. The maximum absolute atomic E-state index is 5.78. The smallest absolute Gasteiger partial charge is 0.145 e. The minimum absolute atomic E-state index is 0.122. The SMILES string of the molecule is Cc1cc(Oc2cccnc2)ccc1CNC(C)(C)C. The Morgan fingerprint density at radius 3 is 2.55 bits per heavy atom. The van der Waals surface area contributed by atoms with Crippen LogP contribution in [0.2, 0.25) is 0 Å². The molecule has 0 unspecified atom stereocenters. The van der Waals surface area contributed by atoms with E-state index in [9.17, 15) is 0 Å². The van der Waals surface area contributed by atoms with Gasteiger partial charge in [0.25, 0.3) is 0 Å². The molecule has 0 aliphatic rings. The highest BCUT2D eigenvalue weighted by atomic mass is 16.5. The van der Waals surface area contributed by atoms with Crippen LogP contribution in [0.3, 0.4) is 0 Å². The molecule has 0 amide bonds. The summed E-state index contributed by atoms with van der Waals surface area (Å²) in [6, 6.07) is 9.94. The number of pyridine rings is 1. The molecule has 0 saturated carbocycles. The van der Waals surface area contributed by atoms with Crippen molar-refractivity contribution in [3.05, 3.63) is 53.9 Å². The molecule has 2 aromatic rings. The topological polar surface area (TPSA) is 34.1 Å². The van der Waals surface area contributed by atoms with Crippen molar-refractivity contribution in [1.82, 2.24) is 10.3 Å². The molecule has 0 aliphatic heterocycles. The third kappa shape index (κ3) is 4.35. The van der Waals surface area contributed by atoms with Crippen LogP contribution in [0.15, 0.2) is 42.7 Å². The standard InChI is InChI=1S/C17H22N2O/c1-13-10-15(20-16-6-5-9-18-12-16)8-7-14(13)11-19-17(2,3)4/h5-10,12,19H,11H2,1-4H3. The van der Waals surface area contributed by atoms with Crippen molar-refractivity contribution >= 4 is 0 Å². The summed E-state index contributed by atoms with van der Waals surface area (Å²) in [4.78, 5) is 4.04. The van der Waals surface area contributed by atoms with Gasteiger partial charge in [0.05, 0.1) is 6.20 Å². The number of aromatic nitrogens is 1. The van der Waals surface area contributed by atoms with Crippen LogP contribution in [0, 0.1) is 6.92 Å². The lowest BCUT2D eigenvalue weighted by molar-refractivity contribution is 0.423. The number of nitrogens with one attached hydrogen (secondary N) is 1. The molecule has 0 saturated heterocycles. The van der Waals surface area contributed by atoms with Crippen LogP contribution in [0.5, 0.6) is 11.5 Å². The van der Waals surface area contributed by atoms with Crippen molar-refractivity contribution in [3.8, 4) is 11.5 Å². The van der Waals surface area contributed by atoms with Gasteiger partial charge in [-0.15, -0.1) is 0 Å². The molecule has 0 bridgehead atoms. The highest BCUT2D eigenvalue weighted by Crippen LogP contribution is 2.23. The van der Waals surface area contributed by atoms with E-state index in [-0.39, 0.29) is 5.54 Å². The normalized spacial score (nSPS) is 11.4. The van der Waals surface area contributed by atoms with Crippen molar-refractivity contribution in [2.75, 3.05) is 0 Å². The van der Waals surface area contributed by atoms with Gasteiger partial charge in [-0.1, -0.05) is 6.07 Å². The molecule has 0 atom stereocenters. The van der Waals surface area contributed by atoms with Gasteiger partial charge in [0.2, 0.25) is 0 Å². The van der Waals surface area contributed by atoms with Gasteiger partial charge >= 0.3 is 0 Å². The van der Waals surface area contributed by atoms with Gasteiger partial charge in [-0.3, -0.25) is 4.98 Å². The number of nitrogens with zero attached hydrogens (tertiary/aromatic N) is 1. The van der Waals surface area contributed by atoms with Crippen molar-refractivity contribution in [3.63, 3.8) is 0 Å². The number of rotatable bonds is 4. The van der Waals surface area contributed by atoms with Gasteiger partial charge in [-0.05, 0) is 63.1 Å². The first-order valence-electron chi connectivity index (χ1n) is 6.86. The van der Waals surface area contributed by atoms with Gasteiger partial charge in [-0.2, -0.15) is 0 Å². The Hall–Kier alpha value is -1.87. The fourth-order valence-electron chi connectivity index (χ4n) is 1.83. The van der Waals surface area contributed by atoms with Crippen molar-refractivity contribution in [2.45, 2.75) is 39.8 Å². The van der Waals surface area contributed by atoms with Crippen LogP contribution in [0.25, 0.3) is 0 Å². The Morgan fingerprint density at radius 2 is 1.95 bits per heavy atom. The first kappa shape index (κ1) is 14.5. The minimum atomic E-state index is 0.122. The van der Waals surface area contributed by atoms with E-state index in [0.29, 0.717) is 0 Å². The number of hydrogen-bond acceptors (Lipinski definition) is 3. The monoisotopic (exact) mass is 270 g/mol. The number of benzene rings is 1. The van der Waals surface area contributed by atoms with Gasteiger partial charge in [0.1, 0.15) is 11.5 Å². The van der Waals surface area contributed by atoms with E-state index in [0.717, 1.165) is 18.0 Å². The minimum Gasteiger partial charge on any atom is -0.456 e. The van der Waals surface area contributed by atoms with Crippen LogP contribution in [0.4, 0.5) is 0 Å². The average Bonchev–Trinajstić information content (AvgIpc) is 2.38. The second-order valence-corrected chi connectivity index (χ2v) is 5.98. The van der Waals surface area contributed by atoms with Crippen molar-refractivity contribution < 1.29 is 4.74 Å². The molecule has 20 heavy (non-hydrogen) atoms. The van der Waals surface area contributed by atoms with E-state index in [2.05, 4.69) is 50.1 Å². The van der Waals surface area contributed by atoms with E-state index in [1.807, 2.05) is 18.2 Å². The molecule has 0 fully saturated rings. The van der Waals surface area contributed by atoms with Gasteiger partial charge < -0.3 is 10.1 Å². The number of hydrogen-bond donors (Lipinski definition) is 1. The van der Waals surface area contributed by atoms with Crippen LogP contribution < -0.4 is 10.1 Å². The lowest BCUT2D eigenvalue weighted by atomic mass is 10.1. The number of aryl methyl sites for hydroxylation is 1. The lowest BCUT2D eigenvalue weighted by Gasteiger charge is -2.21. The van der Waals surface area contributed by atoms with Crippen LogP contribution in [-0.2, 0) is 6.54 Å². The third-order valence-corrected chi connectivity index (χ3v) is 2.99. The summed E-state index contributed by atoms with van der Waals surface area (Å²) in [6.45, 7) is 9.48. The fourth-order valence-corrected chi connectivity index (χ4v) is 1.83.